The third kappa shape index (κ3) is 3.33. The van der Waals surface area contributed by atoms with Gasteiger partial charge in [0.15, 0.2) is 5.75 Å². The normalized spacial score (nSPS) is 10.4. The van der Waals surface area contributed by atoms with Gasteiger partial charge in [0.2, 0.25) is 0 Å². The Morgan fingerprint density at radius 3 is 2.58 bits per heavy atom. The van der Waals surface area contributed by atoms with Crippen LogP contribution in [0.1, 0.15) is 17.7 Å². The maximum absolute atomic E-state index is 12.8. The SMILES string of the molecule is COC(=O)Cc1cc([N+](=O)[O-])nc(C(F)F)c1OC. The highest BCUT2D eigenvalue weighted by Crippen LogP contribution is 2.33. The molecule has 9 heteroatoms. The second-order valence-electron chi connectivity index (χ2n) is 3.37. The Labute approximate surface area is 106 Å². The van der Waals surface area contributed by atoms with Gasteiger partial charge in [-0.25, -0.2) is 8.78 Å². The number of aromatic nitrogens is 1. The average molecular weight is 276 g/mol. The van der Waals surface area contributed by atoms with E-state index in [9.17, 15) is 23.7 Å². The first-order chi connectivity index (χ1) is 8.90. The molecule has 0 unspecified atom stereocenters. The first-order valence-corrected chi connectivity index (χ1v) is 4.97. The second-order valence-corrected chi connectivity index (χ2v) is 3.37. The van der Waals surface area contributed by atoms with E-state index in [1.807, 2.05) is 0 Å². The van der Waals surface area contributed by atoms with Crippen LogP contribution in [0.3, 0.4) is 0 Å². The molecule has 1 heterocycles. The van der Waals surface area contributed by atoms with Crippen LogP contribution < -0.4 is 4.74 Å². The molecule has 0 fully saturated rings. The number of alkyl halides is 2. The molecule has 0 aliphatic carbocycles. The number of nitro groups is 1. The van der Waals surface area contributed by atoms with Crippen LogP contribution in [-0.2, 0) is 16.0 Å². The maximum Gasteiger partial charge on any atom is 0.364 e. The molecule has 0 atom stereocenters. The molecule has 0 spiro atoms. The van der Waals surface area contributed by atoms with Crippen molar-refractivity contribution in [1.82, 2.24) is 4.98 Å². The summed E-state index contributed by atoms with van der Waals surface area (Å²) < 4.78 is 34.7. The van der Waals surface area contributed by atoms with Gasteiger partial charge in [-0.15, -0.1) is 0 Å². The molecule has 0 saturated heterocycles. The Kier molecular flexibility index (Phi) is 4.67. The van der Waals surface area contributed by atoms with Gasteiger partial charge in [0, 0.05) is 11.6 Å². The standard InChI is InChI=1S/C10H10F2N2O5/c1-18-7(15)4-5-3-6(14(16)17)13-8(10(11)12)9(5)19-2/h3,10H,4H2,1-2H3. The van der Waals surface area contributed by atoms with E-state index in [-0.39, 0.29) is 11.3 Å². The Morgan fingerprint density at radius 2 is 2.16 bits per heavy atom. The number of methoxy groups -OCH3 is 2. The van der Waals surface area contributed by atoms with E-state index >= 15 is 0 Å². The van der Waals surface area contributed by atoms with Crippen LogP contribution in [0.5, 0.6) is 5.75 Å². The van der Waals surface area contributed by atoms with Crippen molar-refractivity contribution in [3.8, 4) is 5.75 Å². The van der Waals surface area contributed by atoms with Gasteiger partial charge < -0.3 is 19.6 Å². The van der Waals surface area contributed by atoms with E-state index in [4.69, 9.17) is 4.74 Å². The molecular formula is C10H10F2N2O5. The summed E-state index contributed by atoms with van der Waals surface area (Å²) in [6.45, 7) is 0. The van der Waals surface area contributed by atoms with E-state index in [1.54, 1.807) is 0 Å². The van der Waals surface area contributed by atoms with Crippen LogP contribution in [0.25, 0.3) is 0 Å². The molecule has 0 saturated carbocycles. The second kappa shape index (κ2) is 6.03. The quantitative estimate of drug-likeness (QED) is 0.461. The summed E-state index contributed by atoms with van der Waals surface area (Å²) in [5, 5.41) is 10.6. The summed E-state index contributed by atoms with van der Waals surface area (Å²) >= 11 is 0. The number of nitrogens with zero attached hydrogens (tertiary/aromatic N) is 2. The van der Waals surface area contributed by atoms with Crippen molar-refractivity contribution in [2.45, 2.75) is 12.8 Å². The van der Waals surface area contributed by atoms with Gasteiger partial charge >= 0.3 is 18.2 Å². The van der Waals surface area contributed by atoms with Gasteiger partial charge in [0.25, 0.3) is 5.69 Å². The molecule has 0 aromatic carbocycles. The fourth-order valence-electron chi connectivity index (χ4n) is 1.43. The highest BCUT2D eigenvalue weighted by Gasteiger charge is 2.29. The largest absolute Gasteiger partial charge is 0.492 e. The number of hydrogen-bond donors (Lipinski definition) is 0. The number of ether oxygens (including phenoxy) is 2. The van der Waals surface area contributed by atoms with E-state index < -0.39 is 35.3 Å². The van der Waals surface area contributed by atoms with Gasteiger partial charge in [-0.2, -0.15) is 0 Å². The Balaban J connectivity index is 3.39. The fraction of sp³-hybridized carbons (Fsp3) is 0.400. The monoisotopic (exact) mass is 276 g/mol. The summed E-state index contributed by atoms with van der Waals surface area (Å²) in [6.07, 6.45) is -3.49. The van der Waals surface area contributed by atoms with Crippen molar-refractivity contribution in [3.05, 3.63) is 27.4 Å². The van der Waals surface area contributed by atoms with Gasteiger partial charge in [-0.1, -0.05) is 0 Å². The Morgan fingerprint density at radius 1 is 1.53 bits per heavy atom. The van der Waals surface area contributed by atoms with E-state index in [0.29, 0.717) is 0 Å². The van der Waals surface area contributed by atoms with Crippen molar-refractivity contribution in [2.24, 2.45) is 0 Å². The Bertz CT molecular complexity index is 507. The molecule has 1 aromatic heterocycles. The van der Waals surface area contributed by atoms with Gasteiger partial charge in [0.05, 0.1) is 20.6 Å². The van der Waals surface area contributed by atoms with Crippen molar-refractivity contribution in [1.29, 1.82) is 0 Å². The van der Waals surface area contributed by atoms with Crippen LogP contribution in [-0.4, -0.2) is 30.1 Å². The van der Waals surface area contributed by atoms with Crippen molar-refractivity contribution in [2.75, 3.05) is 14.2 Å². The zero-order valence-electron chi connectivity index (χ0n) is 10.1. The summed E-state index contributed by atoms with van der Waals surface area (Å²) in [5.74, 6) is -1.87. The highest BCUT2D eigenvalue weighted by molar-refractivity contribution is 5.74. The molecule has 0 aliphatic heterocycles. The smallest absolute Gasteiger partial charge is 0.364 e. The minimum Gasteiger partial charge on any atom is -0.492 e. The fourth-order valence-corrected chi connectivity index (χ4v) is 1.43. The molecule has 19 heavy (non-hydrogen) atoms. The third-order valence-electron chi connectivity index (χ3n) is 2.22. The molecule has 0 aliphatic rings. The van der Waals surface area contributed by atoms with Crippen molar-refractivity contribution in [3.63, 3.8) is 0 Å². The minimum absolute atomic E-state index is 0.0775. The van der Waals surface area contributed by atoms with Crippen LogP contribution in [0.15, 0.2) is 6.07 Å². The van der Waals surface area contributed by atoms with Gasteiger partial charge in [0.1, 0.15) is 0 Å². The van der Waals surface area contributed by atoms with Crippen molar-refractivity contribution < 1.29 is 28.0 Å². The average Bonchev–Trinajstić information content (AvgIpc) is 2.37. The maximum atomic E-state index is 12.8. The molecule has 104 valence electrons. The lowest BCUT2D eigenvalue weighted by Gasteiger charge is -2.09. The van der Waals surface area contributed by atoms with E-state index in [2.05, 4.69) is 9.72 Å². The predicted octanol–water partition coefficient (Wildman–Crippen LogP) is 1.65. The molecule has 0 N–H and O–H groups in total. The lowest BCUT2D eigenvalue weighted by molar-refractivity contribution is -0.389. The van der Waals surface area contributed by atoms with E-state index in [1.165, 1.54) is 0 Å². The number of esters is 1. The highest BCUT2D eigenvalue weighted by atomic mass is 19.3. The zero-order valence-corrected chi connectivity index (χ0v) is 10.1. The number of pyridine rings is 1. The lowest BCUT2D eigenvalue weighted by atomic mass is 10.1. The lowest BCUT2D eigenvalue weighted by Crippen LogP contribution is -2.10. The van der Waals surface area contributed by atoms with E-state index in [0.717, 1.165) is 20.3 Å². The van der Waals surface area contributed by atoms with Crippen LogP contribution in [0.4, 0.5) is 14.6 Å². The zero-order chi connectivity index (χ0) is 14.6. The number of halogens is 2. The summed E-state index contributed by atoms with van der Waals surface area (Å²) in [4.78, 5) is 24.1. The number of carbonyl (C=O) groups is 1. The first-order valence-electron chi connectivity index (χ1n) is 4.97. The van der Waals surface area contributed by atoms with Gasteiger partial charge in [-0.05, 0) is 9.91 Å². The summed E-state index contributed by atoms with van der Waals surface area (Å²) in [7, 11) is 2.22. The number of carbonyl (C=O) groups excluding carboxylic acids is 1. The third-order valence-corrected chi connectivity index (χ3v) is 2.22. The molecule has 7 nitrogen and oxygen atoms in total. The van der Waals surface area contributed by atoms with Crippen LogP contribution >= 0.6 is 0 Å². The summed E-state index contributed by atoms with van der Waals surface area (Å²) in [6, 6.07) is 0.904. The summed E-state index contributed by atoms with van der Waals surface area (Å²) in [5.41, 5.74) is -0.957. The molecule has 1 rings (SSSR count). The minimum atomic E-state index is -3.06. The number of rotatable bonds is 5. The predicted molar refractivity (Wildman–Crippen MR) is 58.1 cm³/mol. The van der Waals surface area contributed by atoms with Crippen LogP contribution in [0.2, 0.25) is 0 Å². The molecular weight excluding hydrogens is 266 g/mol. The Hall–Kier alpha value is -2.32. The van der Waals surface area contributed by atoms with Crippen molar-refractivity contribution >= 4 is 11.8 Å². The molecule has 0 radical (unpaired) electrons. The van der Waals surface area contributed by atoms with Crippen LogP contribution in [0, 0.1) is 10.1 Å². The van der Waals surface area contributed by atoms with Gasteiger partial charge in [-0.3, -0.25) is 4.79 Å². The topological polar surface area (TPSA) is 91.6 Å². The number of hydrogen-bond acceptors (Lipinski definition) is 6. The first kappa shape index (κ1) is 14.7. The molecule has 0 amide bonds. The molecule has 1 aromatic rings. The molecule has 0 bridgehead atoms.